The maximum absolute atomic E-state index is 13.2. The van der Waals surface area contributed by atoms with Crippen molar-refractivity contribution in [2.75, 3.05) is 52.1 Å². The minimum absolute atomic E-state index is 0.0510. The SMILES string of the molecule is CN(C)c1ccc(C2(c3ccc(N(C)C)cc3)OC(=O)C3CC(N(C)C)CCC32)cc1. The van der Waals surface area contributed by atoms with Gasteiger partial charge in [0.25, 0.3) is 0 Å². The molecule has 5 nitrogen and oxygen atoms in total. The highest BCUT2D eigenvalue weighted by Gasteiger charge is 2.59. The molecule has 1 aliphatic heterocycles. The van der Waals surface area contributed by atoms with Crippen molar-refractivity contribution in [2.24, 2.45) is 11.8 Å². The first-order valence-corrected chi connectivity index (χ1v) is 11.2. The Hall–Kier alpha value is -2.53. The number of anilines is 2. The summed E-state index contributed by atoms with van der Waals surface area (Å²) in [5, 5.41) is 0. The summed E-state index contributed by atoms with van der Waals surface area (Å²) in [6, 6.07) is 17.5. The van der Waals surface area contributed by atoms with Gasteiger partial charge in [0.05, 0.1) is 5.92 Å². The molecule has 0 radical (unpaired) electrons. The largest absolute Gasteiger partial charge is 0.449 e. The number of nitrogens with zero attached hydrogens (tertiary/aromatic N) is 3. The molecule has 1 aliphatic carbocycles. The van der Waals surface area contributed by atoms with Gasteiger partial charge in [-0.3, -0.25) is 4.79 Å². The van der Waals surface area contributed by atoms with Crippen molar-refractivity contribution in [3.05, 3.63) is 59.7 Å². The van der Waals surface area contributed by atoms with Crippen molar-refractivity contribution in [2.45, 2.75) is 30.9 Å². The topological polar surface area (TPSA) is 36.0 Å². The number of carbonyl (C=O) groups is 1. The molecule has 1 saturated heterocycles. The van der Waals surface area contributed by atoms with E-state index < -0.39 is 5.60 Å². The second-order valence-corrected chi connectivity index (χ2v) is 9.68. The number of fused-ring (bicyclic) bond motifs is 1. The van der Waals surface area contributed by atoms with Gasteiger partial charge < -0.3 is 19.4 Å². The smallest absolute Gasteiger partial charge is 0.310 e. The van der Waals surface area contributed by atoms with Gasteiger partial charge in [-0.15, -0.1) is 0 Å². The Morgan fingerprint density at radius 2 is 1.26 bits per heavy atom. The molecule has 1 heterocycles. The molecule has 4 rings (SSSR count). The predicted molar refractivity (Wildman–Crippen MR) is 127 cm³/mol. The van der Waals surface area contributed by atoms with Gasteiger partial charge in [0.1, 0.15) is 0 Å². The maximum atomic E-state index is 13.2. The molecular formula is C26H35N3O2. The van der Waals surface area contributed by atoms with Gasteiger partial charge in [-0.2, -0.15) is 0 Å². The Morgan fingerprint density at radius 1 is 0.774 bits per heavy atom. The Labute approximate surface area is 186 Å². The van der Waals surface area contributed by atoms with Crippen molar-refractivity contribution in [3.63, 3.8) is 0 Å². The van der Waals surface area contributed by atoms with Gasteiger partial charge in [-0.25, -0.2) is 0 Å². The summed E-state index contributed by atoms with van der Waals surface area (Å²) < 4.78 is 6.41. The fourth-order valence-electron chi connectivity index (χ4n) is 5.40. The van der Waals surface area contributed by atoms with Gasteiger partial charge in [0.15, 0.2) is 5.60 Å². The van der Waals surface area contributed by atoms with E-state index in [1.807, 2.05) is 28.2 Å². The lowest BCUT2D eigenvalue weighted by molar-refractivity contribution is -0.149. The lowest BCUT2D eigenvalue weighted by Gasteiger charge is -2.40. The Bertz CT molecular complexity index is 867. The molecule has 0 aromatic heterocycles. The van der Waals surface area contributed by atoms with E-state index in [4.69, 9.17) is 4.74 Å². The molecule has 3 atom stereocenters. The molecule has 5 heteroatoms. The molecule has 0 bridgehead atoms. The van der Waals surface area contributed by atoms with E-state index in [9.17, 15) is 4.79 Å². The highest BCUT2D eigenvalue weighted by Crippen LogP contribution is 2.55. The Balaban J connectivity index is 1.81. The van der Waals surface area contributed by atoms with E-state index in [1.165, 1.54) is 0 Å². The van der Waals surface area contributed by atoms with E-state index in [0.29, 0.717) is 6.04 Å². The molecular weight excluding hydrogens is 386 g/mol. The van der Waals surface area contributed by atoms with Gasteiger partial charge >= 0.3 is 5.97 Å². The number of rotatable bonds is 5. The molecule has 2 aromatic rings. The molecule has 3 unspecified atom stereocenters. The first-order valence-electron chi connectivity index (χ1n) is 11.2. The second-order valence-electron chi connectivity index (χ2n) is 9.68. The van der Waals surface area contributed by atoms with Gasteiger partial charge in [0.2, 0.25) is 0 Å². The predicted octanol–water partition coefficient (Wildman–Crippen LogP) is 3.97. The lowest BCUT2D eigenvalue weighted by atomic mass is 9.66. The van der Waals surface area contributed by atoms with E-state index in [0.717, 1.165) is 41.8 Å². The van der Waals surface area contributed by atoms with E-state index in [2.05, 4.69) is 77.3 Å². The molecule has 0 spiro atoms. The third-order valence-electron chi connectivity index (χ3n) is 7.26. The zero-order chi connectivity index (χ0) is 22.3. The summed E-state index contributed by atoms with van der Waals surface area (Å²) in [7, 11) is 12.4. The fourth-order valence-corrected chi connectivity index (χ4v) is 5.40. The summed E-state index contributed by atoms with van der Waals surface area (Å²) in [5.74, 6) is 0.0275. The van der Waals surface area contributed by atoms with Crippen LogP contribution in [0.1, 0.15) is 30.4 Å². The van der Waals surface area contributed by atoms with Crippen LogP contribution in [0, 0.1) is 11.8 Å². The quantitative estimate of drug-likeness (QED) is 0.683. The van der Waals surface area contributed by atoms with Crippen LogP contribution < -0.4 is 9.80 Å². The van der Waals surface area contributed by atoms with Crippen LogP contribution in [0.4, 0.5) is 11.4 Å². The lowest BCUT2D eigenvalue weighted by Crippen LogP contribution is -2.42. The van der Waals surface area contributed by atoms with E-state index in [-0.39, 0.29) is 17.8 Å². The van der Waals surface area contributed by atoms with Crippen molar-refractivity contribution < 1.29 is 9.53 Å². The number of ether oxygens (including phenoxy) is 1. The number of carbonyl (C=O) groups excluding carboxylic acids is 1. The van der Waals surface area contributed by atoms with Gasteiger partial charge in [0, 0.05) is 62.7 Å². The summed E-state index contributed by atoms with van der Waals surface area (Å²) in [5.41, 5.74) is 3.69. The highest BCUT2D eigenvalue weighted by atomic mass is 16.6. The molecule has 2 fully saturated rings. The zero-order valence-electron chi connectivity index (χ0n) is 19.6. The maximum Gasteiger partial charge on any atom is 0.310 e. The highest BCUT2D eigenvalue weighted by molar-refractivity contribution is 5.78. The van der Waals surface area contributed by atoms with Crippen LogP contribution >= 0.6 is 0 Å². The Kier molecular flexibility index (Phi) is 5.73. The van der Waals surface area contributed by atoms with Gasteiger partial charge in [-0.05, 0) is 57.6 Å². The molecule has 0 N–H and O–H groups in total. The second kappa shape index (κ2) is 8.19. The van der Waals surface area contributed by atoms with Crippen LogP contribution in [-0.2, 0) is 15.1 Å². The number of cyclic esters (lactones) is 1. The minimum atomic E-state index is -0.727. The van der Waals surface area contributed by atoms with Crippen molar-refractivity contribution in [3.8, 4) is 0 Å². The summed E-state index contributed by atoms with van der Waals surface area (Å²) >= 11 is 0. The molecule has 0 amide bonds. The monoisotopic (exact) mass is 421 g/mol. The van der Waals surface area contributed by atoms with Crippen LogP contribution in [-0.4, -0.2) is 59.2 Å². The molecule has 1 saturated carbocycles. The third kappa shape index (κ3) is 3.69. The Morgan fingerprint density at radius 3 is 1.68 bits per heavy atom. The normalized spacial score (nSPS) is 24.6. The van der Waals surface area contributed by atoms with Crippen LogP contribution in [0.15, 0.2) is 48.5 Å². The molecule has 2 aliphatic rings. The van der Waals surface area contributed by atoms with Crippen LogP contribution in [0.5, 0.6) is 0 Å². The van der Waals surface area contributed by atoms with Crippen LogP contribution in [0.25, 0.3) is 0 Å². The first-order chi connectivity index (χ1) is 14.7. The number of hydrogen-bond donors (Lipinski definition) is 0. The zero-order valence-corrected chi connectivity index (χ0v) is 19.6. The van der Waals surface area contributed by atoms with Gasteiger partial charge in [-0.1, -0.05) is 24.3 Å². The summed E-state index contributed by atoms with van der Waals surface area (Å²) in [6.07, 6.45) is 2.92. The standard InChI is InChI=1S/C26H35N3O2/c1-27(2)20-11-7-18(8-12-20)26(19-9-13-21(14-10-19)28(3)4)24-16-15-22(29(5)6)17-23(24)25(30)31-26/h7-14,22-24H,15-17H2,1-6H3. The van der Waals surface area contributed by atoms with E-state index in [1.54, 1.807) is 0 Å². The average molecular weight is 422 g/mol. The van der Waals surface area contributed by atoms with Crippen molar-refractivity contribution in [1.82, 2.24) is 4.90 Å². The first kappa shape index (κ1) is 21.7. The number of benzene rings is 2. The summed E-state index contributed by atoms with van der Waals surface area (Å²) in [4.78, 5) is 19.7. The van der Waals surface area contributed by atoms with Crippen LogP contribution in [0.3, 0.4) is 0 Å². The fraction of sp³-hybridized carbons (Fsp3) is 0.500. The van der Waals surface area contributed by atoms with Crippen molar-refractivity contribution >= 4 is 17.3 Å². The summed E-state index contributed by atoms with van der Waals surface area (Å²) in [6.45, 7) is 0. The number of esters is 1. The van der Waals surface area contributed by atoms with E-state index >= 15 is 0 Å². The minimum Gasteiger partial charge on any atom is -0.449 e. The van der Waals surface area contributed by atoms with Crippen LogP contribution in [0.2, 0.25) is 0 Å². The molecule has 166 valence electrons. The van der Waals surface area contributed by atoms with Crippen molar-refractivity contribution in [1.29, 1.82) is 0 Å². The number of hydrogen-bond acceptors (Lipinski definition) is 5. The molecule has 2 aromatic carbocycles. The average Bonchev–Trinajstić information content (AvgIpc) is 3.06. The third-order valence-corrected chi connectivity index (χ3v) is 7.26. The molecule has 31 heavy (non-hydrogen) atoms.